The lowest BCUT2D eigenvalue weighted by molar-refractivity contribution is 0.760. The molecule has 7 nitrogen and oxygen atoms in total. The number of nitrogens with one attached hydrogen (secondary N) is 2. The van der Waals surface area contributed by atoms with Crippen LogP contribution in [-0.4, -0.2) is 37.5 Å². The van der Waals surface area contributed by atoms with E-state index in [-0.39, 0.29) is 0 Å². The van der Waals surface area contributed by atoms with Crippen molar-refractivity contribution < 1.29 is 0 Å². The highest BCUT2D eigenvalue weighted by Crippen LogP contribution is 2.25. The highest BCUT2D eigenvalue weighted by atomic mass is 32.2. The number of benzene rings is 2. The van der Waals surface area contributed by atoms with Gasteiger partial charge in [0, 0.05) is 28.4 Å². The Morgan fingerprint density at radius 2 is 1.93 bits per heavy atom. The van der Waals surface area contributed by atoms with E-state index in [2.05, 4.69) is 49.0 Å². The standard InChI is InChI=1S/C19H15N7S/c1-2-6-13(7-3-1)17-12-27-19-24-23-18(26(19)25-17)22-21-11-14-10-20-16-9-5-4-8-15(14)16/h1-11,20H,12H2,(H,22,23)/b21-11+. The Morgan fingerprint density at radius 3 is 2.85 bits per heavy atom. The van der Waals surface area contributed by atoms with E-state index >= 15 is 0 Å². The summed E-state index contributed by atoms with van der Waals surface area (Å²) in [5.74, 6) is 1.25. The van der Waals surface area contributed by atoms with Crippen LogP contribution < -0.4 is 5.43 Å². The van der Waals surface area contributed by atoms with Gasteiger partial charge in [0.1, 0.15) is 0 Å². The summed E-state index contributed by atoms with van der Waals surface area (Å²) < 4.78 is 1.70. The van der Waals surface area contributed by atoms with Crippen LogP contribution >= 0.6 is 11.8 Å². The lowest BCUT2D eigenvalue weighted by atomic mass is 10.1. The first-order chi connectivity index (χ1) is 13.4. The second kappa shape index (κ2) is 6.73. The van der Waals surface area contributed by atoms with Gasteiger partial charge in [-0.3, -0.25) is 0 Å². The Hall–Kier alpha value is -3.39. The number of hydrogen-bond donors (Lipinski definition) is 2. The van der Waals surface area contributed by atoms with Crippen LogP contribution in [0, 0.1) is 0 Å². The summed E-state index contributed by atoms with van der Waals surface area (Å²) >= 11 is 1.61. The van der Waals surface area contributed by atoms with Gasteiger partial charge < -0.3 is 4.98 Å². The third-order valence-corrected chi connectivity index (χ3v) is 5.20. The van der Waals surface area contributed by atoms with Crippen LogP contribution in [0.3, 0.4) is 0 Å². The normalized spacial score (nSPS) is 13.7. The van der Waals surface area contributed by atoms with Crippen molar-refractivity contribution in [2.45, 2.75) is 5.16 Å². The molecule has 2 aromatic carbocycles. The fourth-order valence-electron chi connectivity index (χ4n) is 2.93. The van der Waals surface area contributed by atoms with E-state index in [9.17, 15) is 0 Å². The van der Waals surface area contributed by atoms with Gasteiger partial charge in [0.2, 0.25) is 5.16 Å². The van der Waals surface area contributed by atoms with Crippen LogP contribution in [0.5, 0.6) is 0 Å². The molecule has 0 unspecified atom stereocenters. The first kappa shape index (κ1) is 15.8. The van der Waals surface area contributed by atoms with Gasteiger partial charge in [-0.05, 0) is 11.6 Å². The Kier molecular flexibility index (Phi) is 3.95. The fraction of sp³-hybridized carbons (Fsp3) is 0.0526. The number of anilines is 1. The topological polar surface area (TPSA) is 83.2 Å². The van der Waals surface area contributed by atoms with Crippen LogP contribution in [0.15, 0.2) is 76.2 Å². The first-order valence-electron chi connectivity index (χ1n) is 8.45. The highest BCUT2D eigenvalue weighted by molar-refractivity contribution is 7.99. The molecule has 0 spiro atoms. The van der Waals surface area contributed by atoms with Crippen molar-refractivity contribution in [1.82, 2.24) is 19.9 Å². The second-order valence-electron chi connectivity index (χ2n) is 5.98. The molecule has 0 bridgehead atoms. The SMILES string of the molecule is C(=N\Nc1nnc2n1N=C(c1ccccc1)CS2)/c1c[nH]c2ccccc12. The zero-order valence-corrected chi connectivity index (χ0v) is 15.0. The Morgan fingerprint density at radius 1 is 1.07 bits per heavy atom. The van der Waals surface area contributed by atoms with Crippen molar-refractivity contribution in [3.05, 3.63) is 71.9 Å². The van der Waals surface area contributed by atoms with Gasteiger partial charge in [-0.25, -0.2) is 5.43 Å². The van der Waals surface area contributed by atoms with Crippen molar-refractivity contribution in [2.24, 2.45) is 10.2 Å². The molecule has 8 heteroatoms. The summed E-state index contributed by atoms with van der Waals surface area (Å²) in [5, 5.41) is 19.2. The number of fused-ring (bicyclic) bond motifs is 2. The molecule has 0 aliphatic carbocycles. The molecular weight excluding hydrogens is 358 g/mol. The Balaban J connectivity index is 1.40. The molecular formula is C19H15N7S. The van der Waals surface area contributed by atoms with Crippen molar-refractivity contribution in [3.63, 3.8) is 0 Å². The number of rotatable bonds is 4. The van der Waals surface area contributed by atoms with Crippen LogP contribution in [0.2, 0.25) is 0 Å². The molecule has 0 radical (unpaired) electrons. The minimum Gasteiger partial charge on any atom is -0.361 e. The highest BCUT2D eigenvalue weighted by Gasteiger charge is 2.19. The summed E-state index contributed by atoms with van der Waals surface area (Å²) in [5.41, 5.74) is 7.11. The van der Waals surface area contributed by atoms with E-state index in [0.29, 0.717) is 5.95 Å². The second-order valence-corrected chi connectivity index (χ2v) is 6.92. The molecule has 27 heavy (non-hydrogen) atoms. The van der Waals surface area contributed by atoms with Crippen molar-refractivity contribution in [3.8, 4) is 0 Å². The molecule has 0 saturated carbocycles. The summed E-state index contributed by atoms with van der Waals surface area (Å²) in [6.45, 7) is 0. The smallest absolute Gasteiger partial charge is 0.266 e. The van der Waals surface area contributed by atoms with Gasteiger partial charge in [-0.2, -0.15) is 14.9 Å². The van der Waals surface area contributed by atoms with Gasteiger partial charge in [0.05, 0.1) is 11.9 Å². The average molecular weight is 373 g/mol. The molecule has 2 aromatic heterocycles. The minimum absolute atomic E-state index is 0.488. The number of hydrazone groups is 1. The van der Waals surface area contributed by atoms with E-state index in [1.807, 2.05) is 42.6 Å². The molecule has 2 N–H and O–H groups in total. The lowest BCUT2D eigenvalue weighted by Gasteiger charge is -2.13. The number of para-hydroxylation sites is 1. The van der Waals surface area contributed by atoms with E-state index < -0.39 is 0 Å². The van der Waals surface area contributed by atoms with Gasteiger partial charge in [0.25, 0.3) is 5.95 Å². The van der Waals surface area contributed by atoms with Crippen molar-refractivity contribution >= 4 is 40.5 Å². The third-order valence-electron chi connectivity index (χ3n) is 4.27. The quantitative estimate of drug-likeness (QED) is 0.423. The number of thioether (sulfide) groups is 1. The molecule has 0 amide bonds. The zero-order valence-electron chi connectivity index (χ0n) is 14.2. The largest absolute Gasteiger partial charge is 0.361 e. The van der Waals surface area contributed by atoms with E-state index in [4.69, 9.17) is 0 Å². The summed E-state index contributed by atoms with van der Waals surface area (Å²) in [6, 6.07) is 18.2. The van der Waals surface area contributed by atoms with E-state index in [0.717, 1.165) is 38.7 Å². The Bertz CT molecular complexity index is 1160. The van der Waals surface area contributed by atoms with Crippen LogP contribution in [0.1, 0.15) is 11.1 Å². The zero-order chi connectivity index (χ0) is 18.1. The van der Waals surface area contributed by atoms with Gasteiger partial charge >= 0.3 is 0 Å². The average Bonchev–Trinajstić information content (AvgIpc) is 3.33. The molecule has 4 aromatic rings. The number of nitrogens with zero attached hydrogens (tertiary/aromatic N) is 5. The van der Waals surface area contributed by atoms with E-state index in [1.165, 1.54) is 0 Å². The molecule has 1 aliphatic heterocycles. The molecule has 0 saturated heterocycles. The molecule has 0 atom stereocenters. The van der Waals surface area contributed by atoms with Crippen LogP contribution in [0.25, 0.3) is 10.9 Å². The first-order valence-corrected chi connectivity index (χ1v) is 9.44. The minimum atomic E-state index is 0.488. The van der Waals surface area contributed by atoms with Crippen LogP contribution in [-0.2, 0) is 0 Å². The monoisotopic (exact) mass is 373 g/mol. The molecule has 132 valence electrons. The number of H-pyrrole nitrogens is 1. The van der Waals surface area contributed by atoms with Gasteiger partial charge in [-0.15, -0.1) is 10.2 Å². The maximum absolute atomic E-state index is 4.69. The predicted octanol–water partition coefficient (Wildman–Crippen LogP) is 3.56. The van der Waals surface area contributed by atoms with Gasteiger partial charge in [-0.1, -0.05) is 60.3 Å². The summed E-state index contributed by atoms with van der Waals surface area (Å²) in [7, 11) is 0. The number of hydrogen-bond acceptors (Lipinski definition) is 6. The Labute approximate surface area is 159 Å². The fourth-order valence-corrected chi connectivity index (χ4v) is 3.77. The maximum atomic E-state index is 4.69. The molecule has 1 aliphatic rings. The third kappa shape index (κ3) is 3.00. The summed E-state index contributed by atoms with van der Waals surface area (Å²) in [6.07, 6.45) is 3.69. The van der Waals surface area contributed by atoms with Gasteiger partial charge in [0.15, 0.2) is 0 Å². The molecule has 3 heterocycles. The lowest BCUT2D eigenvalue weighted by Crippen LogP contribution is -2.14. The molecule has 0 fully saturated rings. The number of aromatic amines is 1. The van der Waals surface area contributed by atoms with Crippen LogP contribution in [0.4, 0.5) is 5.95 Å². The number of aromatic nitrogens is 4. The summed E-state index contributed by atoms with van der Waals surface area (Å²) in [4.78, 5) is 3.23. The van der Waals surface area contributed by atoms with E-state index in [1.54, 1.807) is 22.7 Å². The van der Waals surface area contributed by atoms with Crippen molar-refractivity contribution in [2.75, 3.05) is 11.2 Å². The van der Waals surface area contributed by atoms with Crippen molar-refractivity contribution in [1.29, 1.82) is 0 Å². The maximum Gasteiger partial charge on any atom is 0.266 e. The molecule has 5 rings (SSSR count). The predicted molar refractivity (Wildman–Crippen MR) is 109 cm³/mol.